The number of nitrogens with zero attached hydrogens (tertiary/aromatic N) is 5. The number of hydrogen-bond acceptors (Lipinski definition) is 7. The maximum absolute atomic E-state index is 13.7. The normalized spacial score (nSPS) is 11.6. The highest BCUT2D eigenvalue weighted by molar-refractivity contribution is 6.04. The first-order valence-corrected chi connectivity index (χ1v) is 11.2. The van der Waals surface area contributed by atoms with Crippen LogP contribution >= 0.6 is 0 Å². The Hall–Kier alpha value is -5.17. The molecule has 4 N–H and O–H groups in total. The van der Waals surface area contributed by atoms with Crippen LogP contribution in [0.15, 0.2) is 71.8 Å². The van der Waals surface area contributed by atoms with Crippen LogP contribution < -0.4 is 22.0 Å². The first kappa shape index (κ1) is 22.6. The molecule has 2 aromatic carbocycles. The molecule has 36 heavy (non-hydrogen) atoms. The van der Waals surface area contributed by atoms with E-state index in [2.05, 4.69) is 32.7 Å². The van der Waals surface area contributed by atoms with Crippen LogP contribution in [0, 0.1) is 11.8 Å². The van der Waals surface area contributed by atoms with Gasteiger partial charge in [-0.2, -0.15) is 0 Å². The van der Waals surface area contributed by atoms with Gasteiger partial charge in [-0.05, 0) is 44.2 Å². The van der Waals surface area contributed by atoms with Crippen molar-refractivity contribution in [3.05, 3.63) is 94.3 Å². The molecule has 10 heteroatoms. The molecule has 178 valence electrons. The van der Waals surface area contributed by atoms with E-state index in [1.165, 1.54) is 9.19 Å². The summed E-state index contributed by atoms with van der Waals surface area (Å²) in [6.45, 7) is 3.44. The number of hydrogen-bond donors (Lipinski definition) is 3. The summed E-state index contributed by atoms with van der Waals surface area (Å²) in [5, 5.41) is 7.41. The fourth-order valence-corrected chi connectivity index (χ4v) is 3.98. The molecule has 0 fully saturated rings. The van der Waals surface area contributed by atoms with Crippen molar-refractivity contribution in [2.75, 3.05) is 11.2 Å². The molecule has 0 radical (unpaired) electrons. The van der Waals surface area contributed by atoms with Crippen LogP contribution in [0.3, 0.4) is 0 Å². The summed E-state index contributed by atoms with van der Waals surface area (Å²) in [5.41, 5.74) is 11.0. The summed E-state index contributed by atoms with van der Waals surface area (Å²) in [7, 11) is 0. The van der Waals surface area contributed by atoms with Gasteiger partial charge in [-0.3, -0.25) is 15.0 Å². The lowest BCUT2D eigenvalue weighted by Crippen LogP contribution is -2.37. The van der Waals surface area contributed by atoms with Gasteiger partial charge in [-0.25, -0.2) is 19.2 Å². The number of para-hydroxylation sites is 1. The number of nitrogens with two attached hydrogens (primary N) is 1. The fraction of sp³-hybridized carbons (Fsp3) is 0.115. The van der Waals surface area contributed by atoms with E-state index >= 15 is 0 Å². The van der Waals surface area contributed by atoms with Gasteiger partial charge in [0.05, 0.1) is 22.6 Å². The van der Waals surface area contributed by atoms with Crippen LogP contribution in [-0.2, 0) is 0 Å². The Morgan fingerprint density at radius 3 is 2.69 bits per heavy atom. The number of carbonyl (C=O) groups is 1. The Kier molecular flexibility index (Phi) is 5.80. The first-order valence-electron chi connectivity index (χ1n) is 11.2. The molecule has 10 nitrogen and oxygen atoms in total. The number of nitrogen functional groups attached to an aromatic ring is 1. The molecule has 0 bridgehead atoms. The van der Waals surface area contributed by atoms with Crippen molar-refractivity contribution in [1.82, 2.24) is 29.6 Å². The van der Waals surface area contributed by atoms with Crippen molar-refractivity contribution in [2.24, 2.45) is 0 Å². The SMILES string of the molecule is CC#Cc1cccc2nc([C@H](C)NC(=O)c3c(N)nn4cccnc34)n(Nc3ccccc3)c(=O)c12. The molecule has 0 aliphatic rings. The molecule has 3 heterocycles. The number of amides is 1. The standard InChI is InChI=1S/C26H22N8O2/c1-3-9-17-10-7-13-19-20(17)26(36)34(31-18-11-5-4-6-12-18)23(30-19)16(2)29-25(35)21-22(27)32-33-15-8-14-28-24(21)33/h4-8,10-16,31H,1-2H3,(H2,27,32)(H,29,35)/t16-/m0/s1. The molecular formula is C26H22N8O2. The third kappa shape index (κ3) is 3.99. The predicted octanol–water partition coefficient (Wildman–Crippen LogP) is 2.76. The summed E-state index contributed by atoms with van der Waals surface area (Å²) in [6, 6.07) is 15.5. The van der Waals surface area contributed by atoms with Crippen molar-refractivity contribution < 1.29 is 4.79 Å². The summed E-state index contributed by atoms with van der Waals surface area (Å²) in [5.74, 6) is 5.68. The summed E-state index contributed by atoms with van der Waals surface area (Å²) < 4.78 is 2.77. The second-order valence-electron chi connectivity index (χ2n) is 8.01. The van der Waals surface area contributed by atoms with E-state index in [4.69, 9.17) is 10.7 Å². The van der Waals surface area contributed by atoms with Crippen LogP contribution in [0.2, 0.25) is 0 Å². The zero-order valence-corrected chi connectivity index (χ0v) is 19.6. The number of aromatic nitrogens is 5. The van der Waals surface area contributed by atoms with E-state index in [9.17, 15) is 9.59 Å². The van der Waals surface area contributed by atoms with Gasteiger partial charge < -0.3 is 11.1 Å². The van der Waals surface area contributed by atoms with Gasteiger partial charge in [0.25, 0.3) is 11.5 Å². The lowest BCUT2D eigenvalue weighted by molar-refractivity contribution is 0.0940. The van der Waals surface area contributed by atoms with E-state index in [-0.39, 0.29) is 16.9 Å². The smallest absolute Gasteiger partial charge is 0.281 e. The Morgan fingerprint density at radius 1 is 1.11 bits per heavy atom. The van der Waals surface area contributed by atoms with Crippen molar-refractivity contribution >= 4 is 34.0 Å². The minimum absolute atomic E-state index is 0.0486. The number of anilines is 2. The highest BCUT2D eigenvalue weighted by atomic mass is 16.2. The second-order valence-corrected chi connectivity index (χ2v) is 8.01. The average Bonchev–Trinajstić information content (AvgIpc) is 3.22. The predicted molar refractivity (Wildman–Crippen MR) is 137 cm³/mol. The molecule has 5 aromatic rings. The second kappa shape index (κ2) is 9.23. The lowest BCUT2D eigenvalue weighted by atomic mass is 10.1. The van der Waals surface area contributed by atoms with Crippen LogP contribution in [0.1, 0.15) is 41.6 Å². The van der Waals surface area contributed by atoms with Gasteiger partial charge in [-0.1, -0.05) is 30.2 Å². The minimum atomic E-state index is -0.690. The van der Waals surface area contributed by atoms with Gasteiger partial charge in [0.15, 0.2) is 17.3 Å². The molecule has 0 saturated carbocycles. The van der Waals surface area contributed by atoms with Gasteiger partial charge in [-0.15, -0.1) is 11.0 Å². The highest BCUT2D eigenvalue weighted by Crippen LogP contribution is 2.20. The molecule has 0 aliphatic heterocycles. The molecule has 0 aliphatic carbocycles. The third-order valence-corrected chi connectivity index (χ3v) is 5.58. The monoisotopic (exact) mass is 478 g/mol. The molecule has 5 rings (SSSR count). The first-order chi connectivity index (χ1) is 17.5. The van der Waals surface area contributed by atoms with Gasteiger partial charge in [0.1, 0.15) is 5.56 Å². The van der Waals surface area contributed by atoms with Gasteiger partial charge in [0.2, 0.25) is 0 Å². The molecule has 1 atom stereocenters. The Balaban J connectivity index is 1.62. The maximum Gasteiger partial charge on any atom is 0.281 e. The van der Waals surface area contributed by atoms with E-state index in [0.29, 0.717) is 33.6 Å². The highest BCUT2D eigenvalue weighted by Gasteiger charge is 2.24. The quantitative estimate of drug-likeness (QED) is 0.331. The van der Waals surface area contributed by atoms with Gasteiger partial charge in [0, 0.05) is 18.0 Å². The van der Waals surface area contributed by atoms with Crippen molar-refractivity contribution in [2.45, 2.75) is 19.9 Å². The topological polar surface area (TPSA) is 132 Å². The summed E-state index contributed by atoms with van der Waals surface area (Å²) in [6.07, 6.45) is 3.21. The van der Waals surface area contributed by atoms with Crippen LogP contribution in [0.5, 0.6) is 0 Å². The zero-order chi connectivity index (χ0) is 25.2. The van der Waals surface area contributed by atoms with Crippen molar-refractivity contribution in [3.8, 4) is 11.8 Å². The molecule has 0 saturated heterocycles. The van der Waals surface area contributed by atoms with E-state index in [0.717, 1.165) is 0 Å². The Morgan fingerprint density at radius 2 is 1.92 bits per heavy atom. The average molecular weight is 479 g/mol. The Labute approximate surface area is 205 Å². The molecule has 3 aromatic heterocycles. The molecule has 1 amide bonds. The van der Waals surface area contributed by atoms with Crippen molar-refractivity contribution in [3.63, 3.8) is 0 Å². The third-order valence-electron chi connectivity index (χ3n) is 5.58. The fourth-order valence-electron chi connectivity index (χ4n) is 3.98. The number of carbonyl (C=O) groups excluding carboxylic acids is 1. The van der Waals surface area contributed by atoms with Gasteiger partial charge >= 0.3 is 0 Å². The van der Waals surface area contributed by atoms with Crippen LogP contribution in [0.25, 0.3) is 16.6 Å². The molecular weight excluding hydrogens is 456 g/mol. The maximum atomic E-state index is 13.7. The number of rotatable bonds is 5. The lowest BCUT2D eigenvalue weighted by Gasteiger charge is -2.20. The summed E-state index contributed by atoms with van der Waals surface area (Å²) >= 11 is 0. The largest absolute Gasteiger partial charge is 0.381 e. The van der Waals surface area contributed by atoms with E-state index < -0.39 is 11.9 Å². The van der Waals surface area contributed by atoms with E-state index in [1.54, 1.807) is 50.5 Å². The van der Waals surface area contributed by atoms with Crippen molar-refractivity contribution in [1.29, 1.82) is 0 Å². The van der Waals surface area contributed by atoms with Crippen LogP contribution in [-0.4, -0.2) is 30.2 Å². The number of nitrogens with one attached hydrogen (secondary N) is 2. The number of fused-ring (bicyclic) bond motifs is 2. The van der Waals surface area contributed by atoms with Crippen LogP contribution in [0.4, 0.5) is 11.5 Å². The molecule has 0 unspecified atom stereocenters. The molecule has 0 spiro atoms. The zero-order valence-electron chi connectivity index (χ0n) is 19.6. The summed E-state index contributed by atoms with van der Waals surface area (Å²) in [4.78, 5) is 35.9. The van der Waals surface area contributed by atoms with E-state index in [1.807, 2.05) is 30.3 Å². The Bertz CT molecular complexity index is 1730. The minimum Gasteiger partial charge on any atom is -0.381 e. The number of benzene rings is 2.